The van der Waals surface area contributed by atoms with Crippen LogP contribution in [-0.2, 0) is 0 Å². The Morgan fingerprint density at radius 3 is 2.50 bits per heavy atom. The third kappa shape index (κ3) is 2.28. The number of para-hydroxylation sites is 1. The van der Waals surface area contributed by atoms with Gasteiger partial charge < -0.3 is 5.32 Å². The fraction of sp³-hybridized carbons (Fsp3) is 0.0714. The summed E-state index contributed by atoms with van der Waals surface area (Å²) in [5, 5.41) is 2.87. The van der Waals surface area contributed by atoms with Crippen molar-refractivity contribution in [2.24, 2.45) is 0 Å². The van der Waals surface area contributed by atoms with Crippen LogP contribution in [0, 0.1) is 13.0 Å². The topological polar surface area (TPSA) is 29.1 Å². The summed E-state index contributed by atoms with van der Waals surface area (Å²) in [6.45, 7) is 1.97. The van der Waals surface area contributed by atoms with Gasteiger partial charge in [-0.15, -0.1) is 0 Å². The normalized spacial score (nSPS) is 9.81. The van der Waals surface area contributed by atoms with E-state index in [-0.39, 0.29) is 5.91 Å². The Bertz CT molecular complexity index is 491. The number of hydrogen-bond donors (Lipinski definition) is 1. The van der Waals surface area contributed by atoms with E-state index >= 15 is 0 Å². The average molecular weight is 210 g/mol. The van der Waals surface area contributed by atoms with Crippen molar-refractivity contribution in [2.75, 3.05) is 5.32 Å². The van der Waals surface area contributed by atoms with Crippen LogP contribution in [-0.4, -0.2) is 5.91 Å². The predicted octanol–water partition coefficient (Wildman–Crippen LogP) is 3.05. The molecule has 0 aliphatic rings. The molecule has 1 N–H and O–H groups in total. The summed E-state index contributed by atoms with van der Waals surface area (Å²) in [5.41, 5.74) is 2.54. The number of carbonyl (C=O) groups excluding carboxylic acids is 1. The molecular weight excluding hydrogens is 198 g/mol. The largest absolute Gasteiger partial charge is 0.322 e. The quantitative estimate of drug-likeness (QED) is 0.811. The highest BCUT2D eigenvalue weighted by Crippen LogP contribution is 2.14. The Labute approximate surface area is 94.9 Å². The fourth-order valence-corrected chi connectivity index (χ4v) is 1.45. The number of aryl methyl sites for hydroxylation is 1. The van der Waals surface area contributed by atoms with Crippen molar-refractivity contribution >= 4 is 11.6 Å². The standard InChI is InChI=1S/C14H12NO/c1-11-7-5-6-10-13(11)15-14(16)12-8-3-2-4-9-12/h3-10H,1H3,(H,15,16). The van der Waals surface area contributed by atoms with Crippen molar-refractivity contribution in [3.05, 3.63) is 65.7 Å². The van der Waals surface area contributed by atoms with Crippen molar-refractivity contribution < 1.29 is 4.79 Å². The first kappa shape index (κ1) is 10.4. The third-order valence-electron chi connectivity index (χ3n) is 2.37. The fourth-order valence-electron chi connectivity index (χ4n) is 1.45. The summed E-state index contributed by atoms with van der Waals surface area (Å²) >= 11 is 0. The smallest absolute Gasteiger partial charge is 0.255 e. The molecule has 2 nitrogen and oxygen atoms in total. The van der Waals surface area contributed by atoms with Crippen LogP contribution in [0.2, 0.25) is 0 Å². The van der Waals surface area contributed by atoms with E-state index in [0.29, 0.717) is 5.56 Å². The first-order valence-corrected chi connectivity index (χ1v) is 5.10. The average Bonchev–Trinajstić information content (AvgIpc) is 2.33. The molecule has 2 rings (SSSR count). The highest BCUT2D eigenvalue weighted by molar-refractivity contribution is 6.04. The molecule has 0 saturated heterocycles. The van der Waals surface area contributed by atoms with E-state index in [1.165, 1.54) is 0 Å². The lowest BCUT2D eigenvalue weighted by atomic mass is 10.1. The predicted molar refractivity (Wildman–Crippen MR) is 64.4 cm³/mol. The second-order valence-electron chi connectivity index (χ2n) is 3.56. The molecule has 0 spiro atoms. The van der Waals surface area contributed by atoms with E-state index in [1.807, 2.05) is 31.2 Å². The third-order valence-corrected chi connectivity index (χ3v) is 2.37. The van der Waals surface area contributed by atoms with E-state index < -0.39 is 0 Å². The summed E-state index contributed by atoms with van der Waals surface area (Å²) in [5.74, 6) is -0.0942. The van der Waals surface area contributed by atoms with Crippen LogP contribution in [0.15, 0.2) is 48.5 Å². The second-order valence-corrected chi connectivity index (χ2v) is 3.56. The first-order chi connectivity index (χ1) is 7.77. The number of benzene rings is 2. The number of anilines is 1. The van der Waals surface area contributed by atoms with Crippen LogP contribution >= 0.6 is 0 Å². The summed E-state index contributed by atoms with van der Waals surface area (Å²) in [6, 6.07) is 17.5. The van der Waals surface area contributed by atoms with Crippen LogP contribution in [0.3, 0.4) is 0 Å². The molecule has 1 radical (unpaired) electrons. The maximum Gasteiger partial charge on any atom is 0.255 e. The maximum absolute atomic E-state index is 11.8. The van der Waals surface area contributed by atoms with Gasteiger partial charge in [0.05, 0.1) is 0 Å². The van der Waals surface area contributed by atoms with E-state index in [2.05, 4.69) is 11.4 Å². The van der Waals surface area contributed by atoms with Crippen LogP contribution in [0.25, 0.3) is 0 Å². The number of nitrogens with one attached hydrogen (secondary N) is 1. The van der Waals surface area contributed by atoms with Crippen LogP contribution in [0.5, 0.6) is 0 Å². The van der Waals surface area contributed by atoms with Crippen molar-refractivity contribution in [3.63, 3.8) is 0 Å². The van der Waals surface area contributed by atoms with Gasteiger partial charge in [0.15, 0.2) is 0 Å². The molecule has 2 aromatic rings. The van der Waals surface area contributed by atoms with Crippen LogP contribution in [0.1, 0.15) is 15.9 Å². The zero-order valence-electron chi connectivity index (χ0n) is 9.03. The van der Waals surface area contributed by atoms with Crippen molar-refractivity contribution in [2.45, 2.75) is 6.92 Å². The lowest BCUT2D eigenvalue weighted by molar-refractivity contribution is 0.102. The van der Waals surface area contributed by atoms with E-state index in [4.69, 9.17) is 0 Å². The molecule has 2 aromatic carbocycles. The van der Waals surface area contributed by atoms with Gasteiger partial charge >= 0.3 is 0 Å². The van der Waals surface area contributed by atoms with Crippen molar-refractivity contribution in [3.8, 4) is 0 Å². The molecule has 0 fully saturated rings. The summed E-state index contributed by atoms with van der Waals surface area (Å²) in [4.78, 5) is 11.8. The second kappa shape index (κ2) is 4.62. The van der Waals surface area contributed by atoms with Crippen LogP contribution in [0.4, 0.5) is 5.69 Å². The monoisotopic (exact) mass is 210 g/mol. The summed E-state index contributed by atoms with van der Waals surface area (Å²) in [6.07, 6.45) is 0. The molecule has 0 heterocycles. The molecular formula is C14H12NO. The SMILES string of the molecule is Cc1ccccc1NC(=O)c1cc[c]cc1. The lowest BCUT2D eigenvalue weighted by Crippen LogP contribution is -2.12. The molecule has 16 heavy (non-hydrogen) atoms. The van der Waals surface area contributed by atoms with Crippen molar-refractivity contribution in [1.82, 2.24) is 0 Å². The van der Waals surface area contributed by atoms with Crippen LogP contribution < -0.4 is 5.32 Å². The molecule has 0 saturated carbocycles. The highest BCUT2D eigenvalue weighted by Gasteiger charge is 2.05. The van der Waals surface area contributed by atoms with Gasteiger partial charge in [-0.3, -0.25) is 4.79 Å². The van der Waals surface area contributed by atoms with Gasteiger partial charge in [0.25, 0.3) is 5.91 Å². The van der Waals surface area contributed by atoms with E-state index in [0.717, 1.165) is 11.3 Å². The van der Waals surface area contributed by atoms with E-state index in [9.17, 15) is 4.79 Å². The Morgan fingerprint density at radius 2 is 1.81 bits per heavy atom. The van der Waals surface area contributed by atoms with Gasteiger partial charge in [-0.1, -0.05) is 30.3 Å². The molecule has 0 aliphatic carbocycles. The molecule has 79 valence electrons. The molecule has 0 bridgehead atoms. The number of hydrogen-bond acceptors (Lipinski definition) is 1. The molecule has 0 aromatic heterocycles. The minimum Gasteiger partial charge on any atom is -0.322 e. The highest BCUT2D eigenvalue weighted by atomic mass is 16.1. The minimum atomic E-state index is -0.0942. The number of carbonyl (C=O) groups is 1. The van der Waals surface area contributed by atoms with Gasteiger partial charge in [-0.2, -0.15) is 0 Å². The zero-order chi connectivity index (χ0) is 11.4. The van der Waals surface area contributed by atoms with Gasteiger partial charge in [-0.25, -0.2) is 0 Å². The molecule has 0 aliphatic heterocycles. The van der Waals surface area contributed by atoms with Gasteiger partial charge in [-0.05, 0) is 36.8 Å². The van der Waals surface area contributed by atoms with Crippen molar-refractivity contribution in [1.29, 1.82) is 0 Å². The Balaban J connectivity index is 2.18. The summed E-state index contributed by atoms with van der Waals surface area (Å²) in [7, 11) is 0. The van der Waals surface area contributed by atoms with Gasteiger partial charge in [0, 0.05) is 11.3 Å². The summed E-state index contributed by atoms with van der Waals surface area (Å²) < 4.78 is 0. The first-order valence-electron chi connectivity index (χ1n) is 5.10. The maximum atomic E-state index is 11.8. The molecule has 2 heteroatoms. The molecule has 0 unspecified atom stereocenters. The Morgan fingerprint density at radius 1 is 1.12 bits per heavy atom. The van der Waals surface area contributed by atoms with E-state index in [1.54, 1.807) is 24.3 Å². The number of amides is 1. The van der Waals surface area contributed by atoms with Gasteiger partial charge in [0.1, 0.15) is 0 Å². The number of rotatable bonds is 2. The lowest BCUT2D eigenvalue weighted by Gasteiger charge is -2.07. The molecule has 0 atom stereocenters. The Hall–Kier alpha value is -2.09. The molecule has 1 amide bonds. The zero-order valence-corrected chi connectivity index (χ0v) is 9.03. The minimum absolute atomic E-state index is 0.0942. The Kier molecular flexibility index (Phi) is 3.01. The van der Waals surface area contributed by atoms with Gasteiger partial charge in [0.2, 0.25) is 0 Å².